The molecule has 140 valence electrons. The molecule has 0 bridgehead atoms. The Labute approximate surface area is 158 Å². The molecule has 1 atom stereocenters. The second-order valence-electron chi connectivity index (χ2n) is 7.25. The molecule has 0 aliphatic carbocycles. The van der Waals surface area contributed by atoms with Crippen LogP contribution < -0.4 is 4.74 Å². The van der Waals surface area contributed by atoms with E-state index in [0.29, 0.717) is 5.56 Å². The number of aromatic nitrogens is 3. The normalized spacial score (nSPS) is 17.0. The molecule has 0 spiro atoms. The highest BCUT2D eigenvalue weighted by Crippen LogP contribution is 2.34. The average molecular weight is 364 g/mol. The van der Waals surface area contributed by atoms with Crippen LogP contribution in [-0.4, -0.2) is 39.2 Å². The van der Waals surface area contributed by atoms with Crippen LogP contribution in [0.2, 0.25) is 0 Å². The molecule has 1 amide bonds. The lowest BCUT2D eigenvalue weighted by atomic mass is 10.0. The Morgan fingerprint density at radius 3 is 2.89 bits per heavy atom. The summed E-state index contributed by atoms with van der Waals surface area (Å²) in [6.45, 7) is 4.89. The Morgan fingerprint density at radius 1 is 1.26 bits per heavy atom. The van der Waals surface area contributed by atoms with Gasteiger partial charge in [0.1, 0.15) is 5.75 Å². The van der Waals surface area contributed by atoms with Crippen molar-refractivity contribution in [2.45, 2.75) is 38.8 Å². The number of pyridine rings is 1. The molecule has 0 radical (unpaired) electrons. The van der Waals surface area contributed by atoms with Gasteiger partial charge in [-0.15, -0.1) is 0 Å². The Balaban J connectivity index is 1.64. The minimum Gasteiger partial charge on any atom is -0.497 e. The molecule has 0 unspecified atom stereocenters. The van der Waals surface area contributed by atoms with E-state index in [1.807, 2.05) is 33.8 Å². The molecule has 0 N–H and O–H groups in total. The number of carbonyl (C=O) groups excluding carboxylic acids is 1. The summed E-state index contributed by atoms with van der Waals surface area (Å²) in [5.74, 6) is 0.836. The van der Waals surface area contributed by atoms with Crippen molar-refractivity contribution in [1.29, 1.82) is 0 Å². The van der Waals surface area contributed by atoms with Crippen LogP contribution in [0.25, 0.3) is 11.0 Å². The van der Waals surface area contributed by atoms with Crippen molar-refractivity contribution in [2.75, 3.05) is 13.7 Å². The van der Waals surface area contributed by atoms with Gasteiger partial charge in [-0.1, -0.05) is 12.1 Å². The number of fused-ring (bicyclic) bond motifs is 1. The maximum absolute atomic E-state index is 13.2. The van der Waals surface area contributed by atoms with Gasteiger partial charge in [0.25, 0.3) is 5.91 Å². The summed E-state index contributed by atoms with van der Waals surface area (Å²) < 4.78 is 7.22. The van der Waals surface area contributed by atoms with Crippen LogP contribution in [0.5, 0.6) is 5.75 Å². The lowest BCUT2D eigenvalue weighted by molar-refractivity contribution is 0.0735. The predicted molar refractivity (Wildman–Crippen MR) is 104 cm³/mol. The summed E-state index contributed by atoms with van der Waals surface area (Å²) in [5.41, 5.74) is 2.54. The lowest BCUT2D eigenvalue weighted by Crippen LogP contribution is -2.30. The number of methoxy groups -OCH3 is 1. The van der Waals surface area contributed by atoms with E-state index >= 15 is 0 Å². The average Bonchev–Trinajstić information content (AvgIpc) is 3.34. The highest BCUT2D eigenvalue weighted by atomic mass is 16.5. The Hall–Kier alpha value is -2.89. The SMILES string of the molecule is COc1cccc([C@@H]2CCCN2C(=O)c2cnc3c(cnn3C(C)C)c2)c1. The minimum atomic E-state index is 0.0204. The number of nitrogens with zero attached hydrogens (tertiary/aromatic N) is 4. The highest BCUT2D eigenvalue weighted by molar-refractivity contribution is 5.97. The monoisotopic (exact) mass is 364 g/mol. The molecule has 1 fully saturated rings. The van der Waals surface area contributed by atoms with E-state index in [-0.39, 0.29) is 18.0 Å². The zero-order valence-electron chi connectivity index (χ0n) is 15.9. The molecule has 3 heterocycles. The first-order valence-corrected chi connectivity index (χ1v) is 9.36. The van der Waals surface area contributed by atoms with Gasteiger partial charge in [-0.2, -0.15) is 5.10 Å². The maximum Gasteiger partial charge on any atom is 0.255 e. The van der Waals surface area contributed by atoms with Gasteiger partial charge in [0.05, 0.1) is 24.9 Å². The fourth-order valence-electron chi connectivity index (χ4n) is 3.81. The summed E-state index contributed by atoms with van der Waals surface area (Å²) in [4.78, 5) is 19.7. The summed E-state index contributed by atoms with van der Waals surface area (Å²) in [6.07, 6.45) is 5.41. The van der Waals surface area contributed by atoms with Gasteiger partial charge >= 0.3 is 0 Å². The van der Waals surface area contributed by atoms with Gasteiger partial charge in [-0.3, -0.25) is 4.79 Å². The number of likely N-dealkylation sites (tertiary alicyclic amines) is 1. The first-order valence-electron chi connectivity index (χ1n) is 9.36. The lowest BCUT2D eigenvalue weighted by Gasteiger charge is -2.25. The molecule has 2 aromatic heterocycles. The van der Waals surface area contributed by atoms with Crippen molar-refractivity contribution in [3.05, 3.63) is 53.9 Å². The van der Waals surface area contributed by atoms with E-state index in [1.165, 1.54) is 0 Å². The Kier molecular flexibility index (Phi) is 4.56. The highest BCUT2D eigenvalue weighted by Gasteiger charge is 2.31. The molecule has 3 aromatic rings. The molecule has 27 heavy (non-hydrogen) atoms. The summed E-state index contributed by atoms with van der Waals surface area (Å²) in [5, 5.41) is 5.28. The van der Waals surface area contributed by atoms with E-state index < -0.39 is 0 Å². The van der Waals surface area contributed by atoms with Crippen molar-refractivity contribution in [3.63, 3.8) is 0 Å². The number of benzene rings is 1. The van der Waals surface area contributed by atoms with Crippen molar-refractivity contribution in [1.82, 2.24) is 19.7 Å². The van der Waals surface area contributed by atoms with E-state index in [0.717, 1.165) is 41.7 Å². The molecular formula is C21H24N4O2. The van der Waals surface area contributed by atoms with Crippen molar-refractivity contribution in [3.8, 4) is 5.75 Å². The summed E-state index contributed by atoms with van der Waals surface area (Å²) >= 11 is 0. The topological polar surface area (TPSA) is 60.2 Å². The van der Waals surface area contributed by atoms with Gasteiger partial charge in [0.2, 0.25) is 0 Å². The van der Waals surface area contributed by atoms with Crippen LogP contribution in [0.3, 0.4) is 0 Å². The molecule has 1 aliphatic heterocycles. The van der Waals surface area contributed by atoms with Crippen LogP contribution in [0, 0.1) is 0 Å². The molecule has 6 heteroatoms. The number of rotatable bonds is 4. The largest absolute Gasteiger partial charge is 0.497 e. The third-order valence-corrected chi connectivity index (χ3v) is 5.16. The van der Waals surface area contributed by atoms with Gasteiger partial charge in [0.15, 0.2) is 5.65 Å². The van der Waals surface area contributed by atoms with Crippen LogP contribution in [0.1, 0.15) is 54.7 Å². The van der Waals surface area contributed by atoms with Crippen LogP contribution >= 0.6 is 0 Å². The number of hydrogen-bond acceptors (Lipinski definition) is 4. The van der Waals surface area contributed by atoms with Gasteiger partial charge < -0.3 is 9.64 Å². The molecule has 1 aromatic carbocycles. The number of hydrogen-bond donors (Lipinski definition) is 0. The zero-order chi connectivity index (χ0) is 19.0. The van der Waals surface area contributed by atoms with Crippen LogP contribution in [0.4, 0.5) is 0 Å². The first-order chi connectivity index (χ1) is 13.1. The number of amides is 1. The molecule has 4 rings (SSSR count). The first kappa shape index (κ1) is 17.5. The second-order valence-corrected chi connectivity index (χ2v) is 7.25. The predicted octanol–water partition coefficient (Wildman–Crippen LogP) is 4.00. The standard InChI is InChI=1S/C21H24N4O2/c1-14(2)25-20-16(13-23-25)10-17(12-22-20)21(26)24-9-5-8-19(24)15-6-4-7-18(11-15)27-3/h4,6-7,10-14,19H,5,8-9H2,1-3H3/t19-/m0/s1. The third-order valence-electron chi connectivity index (χ3n) is 5.16. The molecule has 1 saturated heterocycles. The minimum absolute atomic E-state index is 0.0204. The van der Waals surface area contributed by atoms with E-state index in [9.17, 15) is 4.79 Å². The number of ether oxygens (including phenoxy) is 1. The molecule has 1 aliphatic rings. The Morgan fingerprint density at radius 2 is 2.11 bits per heavy atom. The smallest absolute Gasteiger partial charge is 0.255 e. The Bertz CT molecular complexity index is 979. The van der Waals surface area contributed by atoms with Crippen molar-refractivity contribution < 1.29 is 9.53 Å². The van der Waals surface area contributed by atoms with Crippen LogP contribution in [0.15, 0.2) is 42.7 Å². The molecule has 0 saturated carbocycles. The molecular weight excluding hydrogens is 340 g/mol. The van der Waals surface area contributed by atoms with E-state index in [2.05, 4.69) is 30.0 Å². The zero-order valence-corrected chi connectivity index (χ0v) is 15.9. The van der Waals surface area contributed by atoms with E-state index in [4.69, 9.17) is 4.74 Å². The maximum atomic E-state index is 13.2. The number of carbonyl (C=O) groups is 1. The van der Waals surface area contributed by atoms with Gasteiger partial charge in [-0.25, -0.2) is 9.67 Å². The fraction of sp³-hybridized carbons (Fsp3) is 0.381. The van der Waals surface area contributed by atoms with Crippen molar-refractivity contribution in [2.24, 2.45) is 0 Å². The van der Waals surface area contributed by atoms with Gasteiger partial charge in [-0.05, 0) is 50.5 Å². The van der Waals surface area contributed by atoms with Gasteiger partial charge in [0, 0.05) is 24.2 Å². The quantitative estimate of drug-likeness (QED) is 0.702. The fourth-order valence-corrected chi connectivity index (χ4v) is 3.81. The van der Waals surface area contributed by atoms with Crippen LogP contribution in [-0.2, 0) is 0 Å². The van der Waals surface area contributed by atoms with Crippen molar-refractivity contribution >= 4 is 16.9 Å². The van der Waals surface area contributed by atoms with E-state index in [1.54, 1.807) is 19.5 Å². The summed E-state index contributed by atoms with van der Waals surface area (Å²) in [6, 6.07) is 10.2. The molecule has 6 nitrogen and oxygen atoms in total. The second kappa shape index (κ2) is 7.02. The summed E-state index contributed by atoms with van der Waals surface area (Å²) in [7, 11) is 1.66. The third kappa shape index (κ3) is 3.16.